The second-order valence-corrected chi connectivity index (χ2v) is 13.7. The molecule has 8 aromatic rings. The Balaban J connectivity index is 1.05. The van der Waals surface area contributed by atoms with Crippen LogP contribution in [-0.2, 0) is 5.41 Å². The Kier molecular flexibility index (Phi) is 7.19. The van der Waals surface area contributed by atoms with Gasteiger partial charge in [-0.3, -0.25) is 0 Å². The highest BCUT2D eigenvalue weighted by atomic mass is 14.9. The molecule has 7 aromatic carbocycles. The molecule has 0 radical (unpaired) electrons. The summed E-state index contributed by atoms with van der Waals surface area (Å²) >= 11 is 0. The number of hydrogen-bond acceptors (Lipinski definition) is 2. The van der Waals surface area contributed by atoms with E-state index in [0.717, 1.165) is 39.2 Å². The van der Waals surface area contributed by atoms with E-state index >= 15 is 0 Å². The zero-order chi connectivity index (χ0) is 34.5. The van der Waals surface area contributed by atoms with Gasteiger partial charge in [0.1, 0.15) is 0 Å². The molecule has 0 aliphatic heterocycles. The lowest BCUT2D eigenvalue weighted by molar-refractivity contribution is 0.661. The topological polar surface area (TPSA) is 30.1 Å². The molecule has 0 N–H and O–H groups in total. The van der Waals surface area contributed by atoms with Crippen molar-refractivity contribution in [3.63, 3.8) is 0 Å². The molecule has 0 amide bonds. The van der Waals surface area contributed by atoms with Crippen LogP contribution >= 0.6 is 0 Å². The first kappa shape index (κ1) is 30.4. The fourth-order valence-corrected chi connectivity index (χ4v) is 7.57. The van der Waals surface area contributed by atoms with Crippen LogP contribution in [0.4, 0.5) is 5.69 Å². The third-order valence-electron chi connectivity index (χ3n) is 10.3. The highest BCUT2D eigenvalue weighted by Crippen LogP contribution is 2.53. The number of aromatic nitrogens is 2. The van der Waals surface area contributed by atoms with Crippen molar-refractivity contribution in [2.24, 2.45) is 0 Å². The maximum atomic E-state index is 7.54. The van der Waals surface area contributed by atoms with E-state index in [2.05, 4.69) is 158 Å². The molecule has 9 rings (SSSR count). The maximum Gasteiger partial charge on any atom is 0.187 e. The fraction of sp³-hybridized carbons (Fsp3) is 0.0625. The van der Waals surface area contributed by atoms with Gasteiger partial charge in [-0.15, -0.1) is 0 Å². The first-order chi connectivity index (χ1) is 25.0. The SMILES string of the molecule is [C-]#[N+]c1ccc2c(c1)C(C)(C)c1cccc(-c3ccc(-c4ccc(-c5nc(-c6ccccc6)cc(-c6ccc7ccccc7c6)n5)cc4)cc3)c1-2. The van der Waals surface area contributed by atoms with Crippen molar-refractivity contribution in [1.29, 1.82) is 0 Å². The normalized spacial score (nSPS) is 12.6. The lowest BCUT2D eigenvalue weighted by Crippen LogP contribution is -2.14. The molecule has 51 heavy (non-hydrogen) atoms. The lowest BCUT2D eigenvalue weighted by atomic mass is 9.82. The highest BCUT2D eigenvalue weighted by molar-refractivity contribution is 5.93. The summed E-state index contributed by atoms with van der Waals surface area (Å²) < 4.78 is 0. The summed E-state index contributed by atoms with van der Waals surface area (Å²) in [7, 11) is 0. The second kappa shape index (κ2) is 12.1. The first-order valence-corrected chi connectivity index (χ1v) is 17.3. The van der Waals surface area contributed by atoms with Crippen LogP contribution in [0.2, 0.25) is 0 Å². The van der Waals surface area contributed by atoms with Crippen LogP contribution in [0.5, 0.6) is 0 Å². The van der Waals surface area contributed by atoms with Crippen LogP contribution in [0.3, 0.4) is 0 Å². The second-order valence-electron chi connectivity index (χ2n) is 13.7. The van der Waals surface area contributed by atoms with Crippen LogP contribution in [0.25, 0.3) is 82.9 Å². The first-order valence-electron chi connectivity index (χ1n) is 17.3. The van der Waals surface area contributed by atoms with Crippen molar-refractivity contribution < 1.29 is 0 Å². The van der Waals surface area contributed by atoms with E-state index in [1.54, 1.807) is 0 Å². The molecule has 0 bridgehead atoms. The van der Waals surface area contributed by atoms with E-state index in [1.807, 2.05) is 24.3 Å². The van der Waals surface area contributed by atoms with Crippen molar-refractivity contribution in [1.82, 2.24) is 9.97 Å². The van der Waals surface area contributed by atoms with E-state index in [1.165, 1.54) is 44.2 Å². The van der Waals surface area contributed by atoms with Crippen LogP contribution in [-0.4, -0.2) is 9.97 Å². The van der Waals surface area contributed by atoms with E-state index < -0.39 is 0 Å². The Hall–Kier alpha value is -6.63. The van der Waals surface area contributed by atoms with Gasteiger partial charge in [-0.05, 0) is 67.4 Å². The van der Waals surface area contributed by atoms with Crippen LogP contribution in [0.15, 0.2) is 164 Å². The molecule has 1 aliphatic rings. The highest BCUT2D eigenvalue weighted by Gasteiger charge is 2.36. The minimum atomic E-state index is -0.163. The van der Waals surface area contributed by atoms with Crippen molar-refractivity contribution in [2.45, 2.75) is 19.3 Å². The molecule has 240 valence electrons. The molecular formula is C48H33N3. The predicted octanol–water partition coefficient (Wildman–Crippen LogP) is 12.8. The number of benzene rings is 7. The Labute approximate surface area is 298 Å². The molecule has 0 atom stereocenters. The Morgan fingerprint density at radius 3 is 1.80 bits per heavy atom. The zero-order valence-electron chi connectivity index (χ0n) is 28.4. The van der Waals surface area contributed by atoms with Crippen LogP contribution in [0.1, 0.15) is 25.0 Å². The van der Waals surface area contributed by atoms with E-state index in [4.69, 9.17) is 16.5 Å². The molecular weight excluding hydrogens is 619 g/mol. The average Bonchev–Trinajstić information content (AvgIpc) is 3.43. The van der Waals surface area contributed by atoms with Gasteiger partial charge in [0.25, 0.3) is 0 Å². The van der Waals surface area contributed by atoms with Gasteiger partial charge in [-0.1, -0.05) is 166 Å². The predicted molar refractivity (Wildman–Crippen MR) is 211 cm³/mol. The van der Waals surface area contributed by atoms with Crippen molar-refractivity contribution in [2.75, 3.05) is 0 Å². The summed E-state index contributed by atoms with van der Waals surface area (Å²) in [6.07, 6.45) is 0. The van der Waals surface area contributed by atoms with Gasteiger partial charge in [-0.2, -0.15) is 0 Å². The molecule has 0 fully saturated rings. The third-order valence-corrected chi connectivity index (χ3v) is 10.3. The zero-order valence-corrected chi connectivity index (χ0v) is 28.4. The van der Waals surface area contributed by atoms with Gasteiger partial charge in [0.05, 0.1) is 18.0 Å². The smallest absolute Gasteiger partial charge is 0.187 e. The van der Waals surface area contributed by atoms with Gasteiger partial charge in [0.15, 0.2) is 11.5 Å². The van der Waals surface area contributed by atoms with Crippen LogP contribution < -0.4 is 0 Å². The Morgan fingerprint density at radius 1 is 0.451 bits per heavy atom. The molecule has 0 unspecified atom stereocenters. The average molecular weight is 652 g/mol. The number of hydrogen-bond donors (Lipinski definition) is 0. The van der Waals surface area contributed by atoms with E-state index in [0.29, 0.717) is 11.5 Å². The number of rotatable bonds is 5. The van der Waals surface area contributed by atoms with Gasteiger partial charge in [-0.25, -0.2) is 14.8 Å². The fourth-order valence-electron chi connectivity index (χ4n) is 7.57. The van der Waals surface area contributed by atoms with Crippen molar-refractivity contribution in [3.05, 3.63) is 186 Å². The summed E-state index contributed by atoms with van der Waals surface area (Å²) in [5.41, 5.74) is 15.1. The summed E-state index contributed by atoms with van der Waals surface area (Å²) in [5, 5.41) is 2.40. The van der Waals surface area contributed by atoms with Crippen molar-refractivity contribution >= 4 is 16.5 Å². The van der Waals surface area contributed by atoms with Gasteiger partial charge < -0.3 is 0 Å². The maximum absolute atomic E-state index is 7.54. The molecule has 1 aliphatic carbocycles. The summed E-state index contributed by atoms with van der Waals surface area (Å²) in [5.74, 6) is 0.700. The molecule has 0 saturated heterocycles. The Bertz CT molecular complexity index is 2650. The minimum Gasteiger partial charge on any atom is -0.238 e. The summed E-state index contributed by atoms with van der Waals surface area (Å²) in [6, 6.07) is 57.5. The quantitative estimate of drug-likeness (QED) is 0.173. The number of fused-ring (bicyclic) bond motifs is 4. The summed E-state index contributed by atoms with van der Waals surface area (Å²) in [4.78, 5) is 13.8. The monoisotopic (exact) mass is 651 g/mol. The molecule has 0 saturated carbocycles. The number of nitrogens with zero attached hydrogens (tertiary/aromatic N) is 3. The van der Waals surface area contributed by atoms with Gasteiger partial charge >= 0.3 is 0 Å². The molecule has 3 nitrogen and oxygen atoms in total. The Morgan fingerprint density at radius 2 is 1.08 bits per heavy atom. The summed E-state index contributed by atoms with van der Waals surface area (Å²) in [6.45, 7) is 12.1. The van der Waals surface area contributed by atoms with E-state index in [9.17, 15) is 0 Å². The lowest BCUT2D eigenvalue weighted by Gasteiger charge is -2.22. The standard InChI is InChI=1S/C48H33N3/c1-48(2)42-15-9-14-40(46(42)41-27-26-39(49-3)29-43(41)48)34-21-16-32(17-22-34)33-18-23-36(24-19-33)47-50-44(35-11-5-4-6-12-35)30-45(51-47)38-25-20-31-10-7-8-13-37(31)28-38/h4-30H,1-2H3. The van der Waals surface area contributed by atoms with Crippen LogP contribution in [0, 0.1) is 6.57 Å². The third kappa shape index (κ3) is 5.30. The van der Waals surface area contributed by atoms with Gasteiger partial charge in [0, 0.05) is 22.1 Å². The molecule has 1 aromatic heterocycles. The minimum absolute atomic E-state index is 0.163. The largest absolute Gasteiger partial charge is 0.238 e. The van der Waals surface area contributed by atoms with Crippen molar-refractivity contribution in [3.8, 4) is 67.3 Å². The van der Waals surface area contributed by atoms with Gasteiger partial charge in [0.2, 0.25) is 0 Å². The molecule has 1 heterocycles. The molecule has 0 spiro atoms. The molecule has 3 heteroatoms. The van der Waals surface area contributed by atoms with E-state index in [-0.39, 0.29) is 5.41 Å².